The highest BCUT2D eigenvalue weighted by Crippen LogP contribution is 2.29. The summed E-state index contributed by atoms with van der Waals surface area (Å²) < 4.78 is 13.6. The van der Waals surface area contributed by atoms with Crippen molar-refractivity contribution in [3.05, 3.63) is 95.3 Å². The van der Waals surface area contributed by atoms with Crippen molar-refractivity contribution in [3.8, 4) is 0 Å². The molecule has 6 heteroatoms. The minimum absolute atomic E-state index is 0.00917. The van der Waals surface area contributed by atoms with Crippen LogP contribution >= 0.6 is 0 Å². The fraction of sp³-hybridized carbons (Fsp3) is 0.375. The van der Waals surface area contributed by atoms with Gasteiger partial charge in [-0.15, -0.1) is 0 Å². The Balaban J connectivity index is 1.97. The summed E-state index contributed by atoms with van der Waals surface area (Å²) in [5, 5.41) is 3.02. The molecule has 1 N–H and O–H groups in total. The first-order chi connectivity index (χ1) is 18.0. The molecule has 0 radical (unpaired) electrons. The van der Waals surface area contributed by atoms with Crippen LogP contribution in [0.25, 0.3) is 0 Å². The molecule has 0 spiro atoms. The Kier molecular flexibility index (Phi) is 9.67. The minimum Gasteiger partial charge on any atom is -0.377 e. The number of nitrogens with zero attached hydrogens (tertiary/aromatic N) is 2. The number of rotatable bonds is 10. The van der Waals surface area contributed by atoms with E-state index in [0.29, 0.717) is 31.6 Å². The van der Waals surface area contributed by atoms with Gasteiger partial charge in [-0.25, -0.2) is 4.39 Å². The monoisotopic (exact) mass is 517 g/mol. The van der Waals surface area contributed by atoms with Gasteiger partial charge in [0.15, 0.2) is 0 Å². The molecule has 0 aliphatic heterocycles. The van der Waals surface area contributed by atoms with Gasteiger partial charge in [0, 0.05) is 45.0 Å². The fourth-order valence-electron chi connectivity index (χ4n) is 4.60. The molecular weight excluding hydrogens is 477 g/mol. The second-order valence-corrected chi connectivity index (χ2v) is 11.2. The Labute approximate surface area is 226 Å². The Hall–Kier alpha value is -3.67. The smallest absolute Gasteiger partial charge is 0.230 e. The van der Waals surface area contributed by atoms with E-state index in [0.717, 1.165) is 22.4 Å². The number of hydrogen-bond donors (Lipinski definition) is 1. The summed E-state index contributed by atoms with van der Waals surface area (Å²) in [7, 11) is 3.92. The predicted octanol–water partition coefficient (Wildman–Crippen LogP) is 6.99. The molecule has 0 bridgehead atoms. The van der Waals surface area contributed by atoms with E-state index in [2.05, 4.69) is 5.32 Å². The molecule has 1 atom stereocenters. The van der Waals surface area contributed by atoms with Gasteiger partial charge in [-0.1, -0.05) is 70.2 Å². The first kappa shape index (κ1) is 28.9. The molecule has 5 nitrogen and oxygen atoms in total. The maximum Gasteiger partial charge on any atom is 0.230 e. The summed E-state index contributed by atoms with van der Waals surface area (Å²) in [6.45, 7) is 8.79. The maximum atomic E-state index is 14.0. The Morgan fingerprint density at radius 3 is 2.16 bits per heavy atom. The maximum absolute atomic E-state index is 14.0. The second-order valence-electron chi connectivity index (χ2n) is 11.2. The van der Waals surface area contributed by atoms with Crippen LogP contribution in [-0.2, 0) is 22.7 Å². The topological polar surface area (TPSA) is 52.7 Å². The van der Waals surface area contributed by atoms with Gasteiger partial charge in [-0.05, 0) is 58.9 Å². The molecule has 2 amide bonds. The summed E-state index contributed by atoms with van der Waals surface area (Å²) in [6.07, 6.45) is 1.06. The van der Waals surface area contributed by atoms with Crippen LogP contribution in [0.3, 0.4) is 0 Å². The number of nitrogens with one attached hydrogen (secondary N) is 1. The number of halogens is 1. The van der Waals surface area contributed by atoms with E-state index < -0.39 is 0 Å². The van der Waals surface area contributed by atoms with Crippen LogP contribution in [0.2, 0.25) is 0 Å². The van der Waals surface area contributed by atoms with E-state index in [-0.39, 0.29) is 29.0 Å². The molecule has 0 saturated heterocycles. The molecule has 0 unspecified atom stereocenters. The molecule has 3 rings (SSSR count). The third-order valence-corrected chi connectivity index (χ3v) is 6.40. The Morgan fingerprint density at radius 1 is 0.921 bits per heavy atom. The lowest BCUT2D eigenvalue weighted by atomic mass is 9.92. The van der Waals surface area contributed by atoms with Gasteiger partial charge in [-0.3, -0.25) is 9.59 Å². The normalized spacial score (nSPS) is 12.1. The Bertz CT molecular complexity index is 1220. The van der Waals surface area contributed by atoms with Gasteiger partial charge in [0.1, 0.15) is 5.82 Å². The lowest BCUT2D eigenvalue weighted by molar-refractivity contribution is -0.134. The lowest BCUT2D eigenvalue weighted by Crippen LogP contribution is -2.34. The van der Waals surface area contributed by atoms with Gasteiger partial charge < -0.3 is 15.1 Å². The molecule has 0 fully saturated rings. The quantitative estimate of drug-likeness (QED) is 0.315. The van der Waals surface area contributed by atoms with Gasteiger partial charge in [0.25, 0.3) is 0 Å². The van der Waals surface area contributed by atoms with Gasteiger partial charge >= 0.3 is 0 Å². The van der Waals surface area contributed by atoms with Crippen molar-refractivity contribution in [1.82, 2.24) is 4.90 Å². The van der Waals surface area contributed by atoms with Crippen LogP contribution in [-0.4, -0.2) is 30.8 Å². The summed E-state index contributed by atoms with van der Waals surface area (Å²) in [4.78, 5) is 30.5. The van der Waals surface area contributed by atoms with Crippen molar-refractivity contribution in [2.24, 2.45) is 5.41 Å². The van der Waals surface area contributed by atoms with Crippen molar-refractivity contribution in [3.63, 3.8) is 0 Å². The highest BCUT2D eigenvalue weighted by Gasteiger charge is 2.26. The number of amides is 2. The largest absolute Gasteiger partial charge is 0.377 e. The number of carbonyl (C=O) groups is 2. The molecule has 0 saturated carbocycles. The van der Waals surface area contributed by atoms with Crippen LogP contribution in [0, 0.1) is 11.2 Å². The van der Waals surface area contributed by atoms with E-state index in [1.807, 2.05) is 100 Å². The highest BCUT2D eigenvalue weighted by molar-refractivity contribution is 5.91. The van der Waals surface area contributed by atoms with E-state index >= 15 is 0 Å². The minimum atomic E-state index is -0.309. The van der Waals surface area contributed by atoms with Crippen LogP contribution in [0.15, 0.2) is 72.8 Å². The molecule has 0 heterocycles. The first-order valence-electron chi connectivity index (χ1n) is 13.1. The molecule has 0 aliphatic rings. The van der Waals surface area contributed by atoms with E-state index in [1.165, 1.54) is 12.1 Å². The first-order valence-corrected chi connectivity index (χ1v) is 13.1. The van der Waals surface area contributed by atoms with Crippen molar-refractivity contribution >= 4 is 23.2 Å². The number of anilines is 2. The van der Waals surface area contributed by atoms with Crippen molar-refractivity contribution in [2.45, 2.75) is 59.5 Å². The average molecular weight is 518 g/mol. The van der Waals surface area contributed by atoms with E-state index in [1.54, 1.807) is 12.1 Å². The third-order valence-electron chi connectivity index (χ3n) is 6.40. The highest BCUT2D eigenvalue weighted by atomic mass is 19.1. The van der Waals surface area contributed by atoms with Crippen LogP contribution in [0.5, 0.6) is 0 Å². The van der Waals surface area contributed by atoms with Crippen molar-refractivity contribution < 1.29 is 14.0 Å². The number of carbonyl (C=O) groups excluding carboxylic acids is 2. The SMILES string of the molecule is CC[C@H](C(=O)N(Cc1ccc(F)cc1)Cc1cc(NC(=O)CC(C)(C)C)ccc1N(C)C)c1ccccc1. The molecule has 3 aromatic carbocycles. The van der Waals surface area contributed by atoms with Crippen LogP contribution < -0.4 is 10.2 Å². The zero-order valence-corrected chi connectivity index (χ0v) is 23.4. The van der Waals surface area contributed by atoms with E-state index in [4.69, 9.17) is 0 Å². The lowest BCUT2D eigenvalue weighted by Gasteiger charge is -2.29. The standard InChI is InChI=1S/C32H40FN3O2/c1-7-28(24-11-9-8-10-12-24)31(38)36(21-23-13-15-26(33)16-14-23)22-25-19-27(17-18-29(25)35(5)6)34-30(37)20-32(2,3)4/h8-19,28H,7,20-22H2,1-6H3,(H,34,37)/t28-/m0/s1. The average Bonchev–Trinajstić information content (AvgIpc) is 2.85. The fourth-order valence-corrected chi connectivity index (χ4v) is 4.60. The zero-order chi connectivity index (χ0) is 27.9. The van der Waals surface area contributed by atoms with Crippen LogP contribution in [0.1, 0.15) is 63.1 Å². The van der Waals surface area contributed by atoms with Gasteiger partial charge in [-0.2, -0.15) is 0 Å². The molecular formula is C32H40FN3O2. The second kappa shape index (κ2) is 12.7. The van der Waals surface area contributed by atoms with Crippen LogP contribution in [0.4, 0.5) is 15.8 Å². The number of hydrogen-bond acceptors (Lipinski definition) is 3. The number of benzene rings is 3. The predicted molar refractivity (Wildman–Crippen MR) is 154 cm³/mol. The molecule has 0 aliphatic carbocycles. The molecule has 202 valence electrons. The summed E-state index contributed by atoms with van der Waals surface area (Å²) in [5.41, 5.74) is 4.28. The Morgan fingerprint density at radius 2 is 1.58 bits per heavy atom. The molecule has 38 heavy (non-hydrogen) atoms. The van der Waals surface area contributed by atoms with Gasteiger partial charge in [0.05, 0.1) is 5.92 Å². The summed E-state index contributed by atoms with van der Waals surface area (Å²) >= 11 is 0. The summed E-state index contributed by atoms with van der Waals surface area (Å²) in [5.74, 6) is -0.643. The third kappa shape index (κ3) is 8.17. The zero-order valence-electron chi connectivity index (χ0n) is 23.4. The van der Waals surface area contributed by atoms with Crippen molar-refractivity contribution in [1.29, 1.82) is 0 Å². The van der Waals surface area contributed by atoms with Crippen molar-refractivity contribution in [2.75, 3.05) is 24.3 Å². The van der Waals surface area contributed by atoms with E-state index in [9.17, 15) is 14.0 Å². The summed E-state index contributed by atoms with van der Waals surface area (Å²) in [6, 6.07) is 21.9. The van der Waals surface area contributed by atoms with Gasteiger partial charge in [0.2, 0.25) is 11.8 Å². The molecule has 0 aromatic heterocycles. The molecule has 3 aromatic rings.